The summed E-state index contributed by atoms with van der Waals surface area (Å²) in [6.07, 6.45) is 0.294. The zero-order valence-corrected chi connectivity index (χ0v) is 15.8. The van der Waals surface area contributed by atoms with Crippen molar-refractivity contribution in [2.45, 2.75) is 25.1 Å². The number of hydrogen-bond donors (Lipinski definition) is 1. The number of ether oxygens (including phenoxy) is 3. The molecule has 2 aromatic carbocycles. The van der Waals surface area contributed by atoms with Gasteiger partial charge in [0, 0.05) is 35.2 Å². The van der Waals surface area contributed by atoms with Crippen LogP contribution >= 0.6 is 0 Å². The van der Waals surface area contributed by atoms with Gasteiger partial charge in [-0.15, -0.1) is 0 Å². The van der Waals surface area contributed by atoms with Crippen LogP contribution in [0.15, 0.2) is 36.4 Å². The molecule has 1 fully saturated rings. The second kappa shape index (κ2) is 6.70. The molecule has 3 aliphatic heterocycles. The van der Waals surface area contributed by atoms with Gasteiger partial charge in [-0.05, 0) is 6.07 Å². The molecule has 1 N–H and O–H groups in total. The molecular weight excluding hydrogens is 394 g/mol. The first kappa shape index (κ1) is 18.4. The predicted octanol–water partition coefficient (Wildman–Crippen LogP) is 2.19. The molecule has 1 saturated heterocycles. The third-order valence-electron chi connectivity index (χ3n) is 5.57. The third kappa shape index (κ3) is 2.68. The molecule has 3 heterocycles. The lowest BCUT2D eigenvalue weighted by atomic mass is 9.84. The number of urea groups is 1. The Balaban J connectivity index is 1.53. The Labute approximate surface area is 170 Å². The van der Waals surface area contributed by atoms with Gasteiger partial charge in [0.15, 0.2) is 12.3 Å². The Hall–Kier alpha value is -3.66. The zero-order chi connectivity index (χ0) is 20.9. The fourth-order valence-electron chi connectivity index (χ4n) is 4.19. The van der Waals surface area contributed by atoms with E-state index in [4.69, 9.17) is 14.2 Å². The van der Waals surface area contributed by atoms with E-state index >= 15 is 0 Å². The molecule has 10 heteroatoms. The number of para-hydroxylation sites is 1. The van der Waals surface area contributed by atoms with E-state index in [9.17, 15) is 19.7 Å². The SMILES string of the molecule is O=C1N[C@]2(CCOc3ccccc32)C(=O)N1Cc1cc([N+](=O)[O-])cc2c1OCOC2. The minimum absolute atomic E-state index is 0.00734. The Kier molecular flexibility index (Phi) is 4.10. The first-order valence-corrected chi connectivity index (χ1v) is 9.37. The first-order chi connectivity index (χ1) is 14.5. The van der Waals surface area contributed by atoms with E-state index < -0.39 is 22.4 Å². The summed E-state index contributed by atoms with van der Waals surface area (Å²) in [6, 6.07) is 9.22. The van der Waals surface area contributed by atoms with Gasteiger partial charge in [-0.2, -0.15) is 0 Å². The van der Waals surface area contributed by atoms with Crippen LogP contribution in [-0.2, 0) is 28.2 Å². The Bertz CT molecular complexity index is 1090. The number of amides is 3. The van der Waals surface area contributed by atoms with Crippen molar-refractivity contribution < 1.29 is 28.7 Å². The number of benzene rings is 2. The highest BCUT2D eigenvalue weighted by Gasteiger charge is 2.54. The van der Waals surface area contributed by atoms with Crippen LogP contribution in [0.5, 0.6) is 11.5 Å². The van der Waals surface area contributed by atoms with Crippen molar-refractivity contribution in [3.8, 4) is 11.5 Å². The van der Waals surface area contributed by atoms with Crippen molar-refractivity contribution in [2.24, 2.45) is 0 Å². The quantitative estimate of drug-likeness (QED) is 0.467. The normalized spacial score (nSPS) is 22.1. The lowest BCUT2D eigenvalue weighted by Crippen LogP contribution is -2.47. The number of carbonyl (C=O) groups excluding carboxylic acids is 2. The monoisotopic (exact) mass is 411 g/mol. The highest BCUT2D eigenvalue weighted by molar-refractivity contribution is 6.08. The van der Waals surface area contributed by atoms with Crippen molar-refractivity contribution in [1.82, 2.24) is 10.2 Å². The van der Waals surface area contributed by atoms with Crippen LogP contribution in [-0.4, -0.2) is 35.2 Å². The molecule has 0 bridgehead atoms. The standard InChI is InChI=1S/C20H17N3O7/c24-18-20(5-6-29-16-4-2-1-3-15(16)20)21-19(25)22(18)9-12-7-14(23(26)27)8-13-10-28-11-30-17(12)13/h1-4,7-8H,5-6,9-11H2,(H,21,25)/t20-/m0/s1. The molecule has 0 saturated carbocycles. The van der Waals surface area contributed by atoms with Gasteiger partial charge in [0.05, 0.1) is 24.7 Å². The van der Waals surface area contributed by atoms with Gasteiger partial charge in [0.2, 0.25) is 0 Å². The lowest BCUT2D eigenvalue weighted by Gasteiger charge is -2.33. The molecule has 30 heavy (non-hydrogen) atoms. The molecule has 1 spiro atoms. The highest BCUT2D eigenvalue weighted by Crippen LogP contribution is 2.42. The van der Waals surface area contributed by atoms with E-state index in [2.05, 4.69) is 5.32 Å². The highest BCUT2D eigenvalue weighted by atomic mass is 16.7. The number of hydrogen-bond acceptors (Lipinski definition) is 7. The molecule has 0 aromatic heterocycles. The van der Waals surface area contributed by atoms with E-state index in [1.807, 2.05) is 0 Å². The van der Waals surface area contributed by atoms with Crippen molar-refractivity contribution in [1.29, 1.82) is 0 Å². The molecule has 0 unspecified atom stereocenters. The summed E-state index contributed by atoms with van der Waals surface area (Å²) in [7, 11) is 0. The molecule has 2 aromatic rings. The Morgan fingerprint density at radius 2 is 2.03 bits per heavy atom. The largest absolute Gasteiger partial charge is 0.493 e. The van der Waals surface area contributed by atoms with Gasteiger partial charge in [0.1, 0.15) is 11.5 Å². The maximum atomic E-state index is 13.4. The number of non-ortho nitro benzene ring substituents is 1. The van der Waals surface area contributed by atoms with E-state index in [0.29, 0.717) is 34.6 Å². The van der Waals surface area contributed by atoms with Crippen LogP contribution in [0, 0.1) is 10.1 Å². The molecule has 3 aliphatic rings. The first-order valence-electron chi connectivity index (χ1n) is 9.37. The molecule has 10 nitrogen and oxygen atoms in total. The minimum atomic E-state index is -1.21. The fourth-order valence-corrected chi connectivity index (χ4v) is 4.19. The second-order valence-corrected chi connectivity index (χ2v) is 7.28. The van der Waals surface area contributed by atoms with Crippen LogP contribution in [0.4, 0.5) is 10.5 Å². The third-order valence-corrected chi connectivity index (χ3v) is 5.57. The minimum Gasteiger partial charge on any atom is -0.493 e. The van der Waals surface area contributed by atoms with Crippen LogP contribution in [0.3, 0.4) is 0 Å². The van der Waals surface area contributed by atoms with E-state index in [1.54, 1.807) is 24.3 Å². The number of rotatable bonds is 3. The van der Waals surface area contributed by atoms with Crippen LogP contribution in [0.1, 0.15) is 23.1 Å². The van der Waals surface area contributed by atoms with Gasteiger partial charge in [0.25, 0.3) is 11.6 Å². The number of nitrogens with zero attached hydrogens (tertiary/aromatic N) is 2. The summed E-state index contributed by atoms with van der Waals surface area (Å²) in [4.78, 5) is 38.1. The van der Waals surface area contributed by atoms with Crippen LogP contribution in [0.2, 0.25) is 0 Å². The number of imide groups is 1. The van der Waals surface area contributed by atoms with E-state index in [1.165, 1.54) is 12.1 Å². The smallest absolute Gasteiger partial charge is 0.325 e. The number of fused-ring (bicyclic) bond motifs is 3. The van der Waals surface area contributed by atoms with Gasteiger partial charge in [-0.25, -0.2) is 4.79 Å². The van der Waals surface area contributed by atoms with Gasteiger partial charge in [-0.1, -0.05) is 18.2 Å². The summed E-state index contributed by atoms with van der Waals surface area (Å²) in [5.41, 5.74) is 0.113. The van der Waals surface area contributed by atoms with E-state index in [0.717, 1.165) is 4.90 Å². The molecule has 0 radical (unpaired) electrons. The van der Waals surface area contributed by atoms with Crippen LogP contribution in [0.25, 0.3) is 0 Å². The molecule has 1 atom stereocenters. The molecule has 0 aliphatic carbocycles. The molecule has 5 rings (SSSR count). The number of nitro benzene ring substituents is 1. The van der Waals surface area contributed by atoms with Gasteiger partial charge >= 0.3 is 6.03 Å². The van der Waals surface area contributed by atoms with Crippen molar-refractivity contribution >= 4 is 17.6 Å². The lowest BCUT2D eigenvalue weighted by molar-refractivity contribution is -0.385. The second-order valence-electron chi connectivity index (χ2n) is 7.28. The average Bonchev–Trinajstić information content (AvgIpc) is 2.98. The summed E-state index contributed by atoms with van der Waals surface area (Å²) in [5, 5.41) is 14.2. The summed E-state index contributed by atoms with van der Waals surface area (Å²) >= 11 is 0. The average molecular weight is 411 g/mol. The van der Waals surface area contributed by atoms with Gasteiger partial charge in [-0.3, -0.25) is 19.8 Å². The molecular formula is C20H17N3O7. The van der Waals surface area contributed by atoms with E-state index in [-0.39, 0.29) is 32.2 Å². The molecule has 154 valence electrons. The van der Waals surface area contributed by atoms with Crippen molar-refractivity contribution in [3.05, 3.63) is 63.2 Å². The maximum absolute atomic E-state index is 13.4. The topological polar surface area (TPSA) is 120 Å². The van der Waals surface area contributed by atoms with Crippen molar-refractivity contribution in [3.63, 3.8) is 0 Å². The molecule has 3 amide bonds. The van der Waals surface area contributed by atoms with Crippen LogP contribution < -0.4 is 14.8 Å². The van der Waals surface area contributed by atoms with Gasteiger partial charge < -0.3 is 19.5 Å². The summed E-state index contributed by atoms with van der Waals surface area (Å²) in [6.45, 7) is 0.272. The Morgan fingerprint density at radius 1 is 1.20 bits per heavy atom. The number of nitrogens with one attached hydrogen (secondary N) is 1. The summed E-state index contributed by atoms with van der Waals surface area (Å²) in [5.74, 6) is 0.531. The summed E-state index contributed by atoms with van der Waals surface area (Å²) < 4.78 is 16.4. The number of carbonyl (C=O) groups is 2. The zero-order valence-electron chi connectivity index (χ0n) is 15.8. The van der Waals surface area contributed by atoms with Crippen molar-refractivity contribution in [2.75, 3.05) is 13.4 Å². The number of nitro groups is 1. The Morgan fingerprint density at radius 3 is 2.87 bits per heavy atom. The maximum Gasteiger partial charge on any atom is 0.325 e. The fraction of sp³-hybridized carbons (Fsp3) is 0.300. The predicted molar refractivity (Wildman–Crippen MR) is 101 cm³/mol.